The van der Waals surface area contributed by atoms with Crippen molar-refractivity contribution in [2.75, 3.05) is 18.6 Å². The summed E-state index contributed by atoms with van der Waals surface area (Å²) in [5.41, 5.74) is 3.86. The highest BCUT2D eigenvalue weighted by Crippen LogP contribution is 2.30. The minimum atomic E-state index is -3.39. The lowest BCUT2D eigenvalue weighted by Gasteiger charge is -2.27. The number of amides is 1. The van der Waals surface area contributed by atoms with Gasteiger partial charge in [0.15, 0.2) is 0 Å². The van der Waals surface area contributed by atoms with E-state index in [1.807, 2.05) is 73.7 Å². The highest BCUT2D eigenvalue weighted by atomic mass is 32.2. The van der Waals surface area contributed by atoms with E-state index >= 15 is 0 Å². The van der Waals surface area contributed by atoms with E-state index in [-0.39, 0.29) is 18.2 Å². The number of carbonyl (C=O) groups is 2. The lowest BCUT2D eigenvalue weighted by atomic mass is 9.85. The summed E-state index contributed by atoms with van der Waals surface area (Å²) < 4.78 is 29.4. The number of aryl methyl sites for hydroxylation is 1. The van der Waals surface area contributed by atoms with Crippen LogP contribution in [0.3, 0.4) is 0 Å². The van der Waals surface area contributed by atoms with E-state index in [0.29, 0.717) is 30.2 Å². The lowest BCUT2D eigenvalue weighted by Crippen LogP contribution is -2.42. The molecular formula is C35H44N2O6S. The zero-order chi connectivity index (χ0) is 31.5. The fourth-order valence-electron chi connectivity index (χ4n) is 5.83. The lowest BCUT2D eigenvalue weighted by molar-refractivity contribution is -0.139. The molecular weight excluding hydrogens is 576 g/mol. The number of para-hydroxylation sites is 1. The van der Waals surface area contributed by atoms with Gasteiger partial charge in [-0.05, 0) is 72.2 Å². The molecule has 4 rings (SSSR count). The Hall–Kier alpha value is -3.69. The van der Waals surface area contributed by atoms with Crippen LogP contribution in [0, 0.1) is 12.8 Å². The fraction of sp³-hybridized carbons (Fsp3) is 0.429. The first-order chi connectivity index (χ1) is 21.1. The summed E-state index contributed by atoms with van der Waals surface area (Å²) in [4.78, 5) is 25.3. The topological polar surface area (TPSA) is 122 Å². The van der Waals surface area contributed by atoms with E-state index in [1.54, 1.807) is 6.07 Å². The third-order valence-corrected chi connectivity index (χ3v) is 9.25. The molecule has 2 unspecified atom stereocenters. The Morgan fingerprint density at radius 2 is 1.66 bits per heavy atom. The molecule has 0 heterocycles. The van der Waals surface area contributed by atoms with Gasteiger partial charge in [0, 0.05) is 24.4 Å². The van der Waals surface area contributed by atoms with Crippen LogP contribution < -0.4 is 15.4 Å². The molecule has 1 fully saturated rings. The summed E-state index contributed by atoms with van der Waals surface area (Å²) in [5.74, 6) is -0.664. The van der Waals surface area contributed by atoms with Crippen molar-refractivity contribution in [1.82, 2.24) is 10.6 Å². The first-order valence-corrected chi connectivity index (χ1v) is 17.5. The summed E-state index contributed by atoms with van der Waals surface area (Å²) in [6.07, 6.45) is 8.20. The zero-order valence-corrected chi connectivity index (χ0v) is 26.4. The van der Waals surface area contributed by atoms with Gasteiger partial charge >= 0.3 is 5.97 Å². The summed E-state index contributed by atoms with van der Waals surface area (Å²) >= 11 is 0. The molecule has 1 amide bonds. The van der Waals surface area contributed by atoms with Crippen LogP contribution in [-0.2, 0) is 21.2 Å². The van der Waals surface area contributed by atoms with Crippen molar-refractivity contribution in [2.24, 2.45) is 5.92 Å². The van der Waals surface area contributed by atoms with Crippen molar-refractivity contribution in [3.63, 3.8) is 0 Å². The van der Waals surface area contributed by atoms with Crippen LogP contribution in [0.1, 0.15) is 66.4 Å². The largest absolute Gasteiger partial charge is 0.492 e. The van der Waals surface area contributed by atoms with Crippen LogP contribution in [0.2, 0.25) is 0 Å². The number of hydrogen-bond donors (Lipinski definition) is 3. The van der Waals surface area contributed by atoms with Gasteiger partial charge in [-0.1, -0.05) is 80.6 Å². The van der Waals surface area contributed by atoms with E-state index in [0.717, 1.165) is 35.1 Å². The van der Waals surface area contributed by atoms with Gasteiger partial charge in [0.25, 0.3) is 5.91 Å². The van der Waals surface area contributed by atoms with Crippen LogP contribution in [0.5, 0.6) is 5.75 Å². The highest BCUT2D eigenvalue weighted by Gasteiger charge is 2.25. The molecule has 0 aliphatic heterocycles. The summed E-state index contributed by atoms with van der Waals surface area (Å²) in [6, 6.07) is 22.0. The maximum Gasteiger partial charge on any atom is 0.326 e. The molecule has 0 bridgehead atoms. The van der Waals surface area contributed by atoms with Crippen molar-refractivity contribution < 1.29 is 27.9 Å². The van der Waals surface area contributed by atoms with E-state index in [9.17, 15) is 23.1 Å². The molecule has 3 aromatic rings. The number of hydrogen-bond acceptors (Lipinski definition) is 6. The second-order valence-electron chi connectivity index (χ2n) is 11.9. The molecule has 0 spiro atoms. The molecule has 0 aromatic heterocycles. The number of ether oxygens (including phenoxy) is 1. The van der Waals surface area contributed by atoms with Gasteiger partial charge in [0.1, 0.15) is 28.2 Å². The van der Waals surface area contributed by atoms with Crippen molar-refractivity contribution in [3.05, 3.63) is 89.5 Å². The van der Waals surface area contributed by atoms with Crippen molar-refractivity contribution in [1.29, 1.82) is 0 Å². The Bertz CT molecular complexity index is 1500. The molecule has 3 N–H and O–H groups in total. The predicted molar refractivity (Wildman–Crippen MR) is 174 cm³/mol. The average Bonchev–Trinajstić information content (AvgIpc) is 3.01. The van der Waals surface area contributed by atoms with E-state index in [1.165, 1.54) is 32.1 Å². The quantitative estimate of drug-likeness (QED) is 0.197. The molecule has 8 nitrogen and oxygen atoms in total. The zero-order valence-electron chi connectivity index (χ0n) is 25.6. The van der Waals surface area contributed by atoms with Crippen LogP contribution in [0.15, 0.2) is 72.8 Å². The maximum atomic E-state index is 13.5. The first-order valence-electron chi connectivity index (χ1n) is 15.4. The van der Waals surface area contributed by atoms with Gasteiger partial charge in [-0.25, -0.2) is 13.2 Å². The van der Waals surface area contributed by atoms with E-state index < -0.39 is 27.8 Å². The number of sulfone groups is 1. The number of nitrogens with one attached hydrogen (secondary N) is 2. The normalized spacial score (nSPS) is 15.3. The number of aliphatic carboxylic acids is 1. The van der Waals surface area contributed by atoms with Gasteiger partial charge in [0.05, 0.1) is 5.75 Å². The standard InChI is InChI=1S/C35H44N2O6S/c1-25-11-9-10-16-30(25)32-22-27(17-18-31(32)34(38)37-33(35(39)40)19-20-44(2,41)42)23-36-28(21-26-12-5-3-6-13-26)24-43-29-14-7-4-8-15-29/h4,7-11,14-18,22,26,28,33,36H,3,5-6,12-13,19-21,23-24H2,1-2H3,(H,37,38)(H,39,40). The minimum Gasteiger partial charge on any atom is -0.492 e. The van der Waals surface area contributed by atoms with Crippen molar-refractivity contribution in [3.8, 4) is 16.9 Å². The third kappa shape index (κ3) is 10.2. The third-order valence-electron chi connectivity index (χ3n) is 8.28. The second-order valence-corrected chi connectivity index (χ2v) is 14.2. The molecule has 3 aromatic carbocycles. The number of carbonyl (C=O) groups excluding carboxylic acids is 1. The average molecular weight is 621 g/mol. The number of benzene rings is 3. The van der Waals surface area contributed by atoms with Crippen LogP contribution in [-0.4, -0.2) is 56.1 Å². The van der Waals surface area contributed by atoms with Gasteiger partial charge in [-0.2, -0.15) is 0 Å². The molecule has 44 heavy (non-hydrogen) atoms. The smallest absolute Gasteiger partial charge is 0.326 e. The Morgan fingerprint density at radius 1 is 0.955 bits per heavy atom. The monoisotopic (exact) mass is 620 g/mol. The molecule has 0 saturated heterocycles. The summed E-state index contributed by atoms with van der Waals surface area (Å²) in [5, 5.41) is 15.9. The second kappa shape index (κ2) is 15.9. The molecule has 9 heteroatoms. The van der Waals surface area contributed by atoms with Gasteiger partial charge < -0.3 is 20.5 Å². The number of carboxylic acid groups (broad SMARTS) is 1. The van der Waals surface area contributed by atoms with Crippen LogP contribution >= 0.6 is 0 Å². The SMILES string of the molecule is Cc1ccccc1-c1cc(CNC(COc2ccccc2)CC2CCCCC2)ccc1C(=O)NC(CCS(C)(=O)=O)C(=O)O. The number of carboxylic acids is 1. The molecule has 2 atom stereocenters. The Kier molecular flexibility index (Phi) is 12.0. The molecule has 1 aliphatic rings. The molecule has 1 saturated carbocycles. The fourth-order valence-corrected chi connectivity index (χ4v) is 6.50. The van der Waals surface area contributed by atoms with Crippen molar-refractivity contribution in [2.45, 2.75) is 70.5 Å². The summed E-state index contributed by atoms with van der Waals surface area (Å²) in [7, 11) is -3.39. The Labute approximate surface area is 261 Å². The van der Waals surface area contributed by atoms with Gasteiger partial charge in [-0.3, -0.25) is 4.79 Å². The maximum absolute atomic E-state index is 13.5. The van der Waals surface area contributed by atoms with E-state index in [2.05, 4.69) is 10.6 Å². The van der Waals surface area contributed by atoms with Crippen molar-refractivity contribution >= 4 is 21.7 Å². The molecule has 236 valence electrons. The van der Waals surface area contributed by atoms with Gasteiger partial charge in [-0.15, -0.1) is 0 Å². The molecule has 0 radical (unpaired) electrons. The summed E-state index contributed by atoms with van der Waals surface area (Å²) in [6.45, 7) is 3.09. The van der Waals surface area contributed by atoms with E-state index in [4.69, 9.17) is 4.74 Å². The Morgan fingerprint density at radius 3 is 2.34 bits per heavy atom. The van der Waals surface area contributed by atoms with Crippen LogP contribution in [0.4, 0.5) is 0 Å². The first kappa shape index (κ1) is 33.2. The van der Waals surface area contributed by atoms with Gasteiger partial charge in [0.2, 0.25) is 0 Å². The highest BCUT2D eigenvalue weighted by molar-refractivity contribution is 7.90. The Balaban J connectivity index is 1.55. The number of rotatable bonds is 15. The minimum absolute atomic E-state index is 0.148. The van der Waals surface area contributed by atoms with Crippen LogP contribution in [0.25, 0.3) is 11.1 Å². The molecule has 1 aliphatic carbocycles. The predicted octanol–water partition coefficient (Wildman–Crippen LogP) is 5.79.